The third-order valence-electron chi connectivity index (χ3n) is 3.29. The lowest BCUT2D eigenvalue weighted by Crippen LogP contribution is -2.39. The van der Waals surface area contributed by atoms with E-state index in [0.717, 1.165) is 5.56 Å². The van der Waals surface area contributed by atoms with E-state index in [1.165, 1.54) is 24.1 Å². The quantitative estimate of drug-likeness (QED) is 0.468. The molecule has 7 nitrogen and oxygen atoms in total. The zero-order valence-electron chi connectivity index (χ0n) is 11.0. The predicted octanol–water partition coefficient (Wildman–Crippen LogP) is 1.16. The third kappa shape index (κ3) is 2.76. The Bertz CT molecular complexity index is 570. The molecule has 0 N–H and O–H groups in total. The number of esters is 1. The van der Waals surface area contributed by atoms with Crippen molar-refractivity contribution in [3.05, 3.63) is 39.4 Å². The van der Waals surface area contributed by atoms with Gasteiger partial charge < -0.3 is 9.64 Å². The molecular formula is C13H14N2O5. The molecule has 0 radical (unpaired) electrons. The van der Waals surface area contributed by atoms with Crippen molar-refractivity contribution in [1.82, 2.24) is 4.90 Å². The topological polar surface area (TPSA) is 89.8 Å². The molecule has 20 heavy (non-hydrogen) atoms. The number of amides is 1. The number of carbonyl (C=O) groups is 2. The Morgan fingerprint density at radius 1 is 1.50 bits per heavy atom. The average molecular weight is 278 g/mol. The Kier molecular flexibility index (Phi) is 3.97. The Morgan fingerprint density at radius 3 is 2.90 bits per heavy atom. The second-order valence-corrected chi connectivity index (χ2v) is 4.47. The minimum Gasteiger partial charge on any atom is -0.469 e. The van der Waals surface area contributed by atoms with Crippen LogP contribution in [0.1, 0.15) is 22.3 Å². The molecule has 1 aromatic carbocycles. The van der Waals surface area contributed by atoms with E-state index >= 15 is 0 Å². The van der Waals surface area contributed by atoms with E-state index in [1.807, 2.05) is 0 Å². The van der Waals surface area contributed by atoms with E-state index in [1.54, 1.807) is 6.07 Å². The lowest BCUT2D eigenvalue weighted by Gasteiger charge is -2.28. The van der Waals surface area contributed by atoms with Gasteiger partial charge in [0.05, 0.1) is 18.5 Å². The molecule has 0 saturated heterocycles. The number of nitro benzene ring substituents is 1. The maximum Gasteiger partial charge on any atom is 0.307 e. The van der Waals surface area contributed by atoms with Crippen molar-refractivity contribution in [2.24, 2.45) is 0 Å². The lowest BCUT2D eigenvalue weighted by molar-refractivity contribution is -0.384. The van der Waals surface area contributed by atoms with Gasteiger partial charge in [0.25, 0.3) is 11.6 Å². The molecule has 0 unspecified atom stereocenters. The van der Waals surface area contributed by atoms with Crippen LogP contribution < -0.4 is 0 Å². The van der Waals surface area contributed by atoms with Crippen LogP contribution in [-0.4, -0.2) is 41.9 Å². The summed E-state index contributed by atoms with van der Waals surface area (Å²) >= 11 is 0. The van der Waals surface area contributed by atoms with Gasteiger partial charge in [-0.25, -0.2) is 0 Å². The monoisotopic (exact) mass is 278 g/mol. The number of nitrogens with zero attached hydrogens (tertiary/aromatic N) is 2. The van der Waals surface area contributed by atoms with Gasteiger partial charge in [-0.05, 0) is 12.0 Å². The van der Waals surface area contributed by atoms with E-state index in [0.29, 0.717) is 18.5 Å². The first-order valence-electron chi connectivity index (χ1n) is 6.16. The number of carbonyl (C=O) groups excluding carboxylic acids is 2. The Labute approximate surface area is 115 Å². The first kappa shape index (κ1) is 14.0. The number of benzene rings is 1. The second kappa shape index (κ2) is 5.68. The number of ether oxygens (including phenoxy) is 1. The highest BCUT2D eigenvalue weighted by atomic mass is 16.6. The van der Waals surface area contributed by atoms with Gasteiger partial charge in [0.1, 0.15) is 0 Å². The number of nitro groups is 1. The van der Waals surface area contributed by atoms with Gasteiger partial charge in [-0.1, -0.05) is 6.07 Å². The molecule has 0 aliphatic carbocycles. The molecule has 1 aliphatic rings. The first-order valence-corrected chi connectivity index (χ1v) is 6.16. The molecule has 106 valence electrons. The SMILES string of the molecule is COC(=O)CCN1CCc2ccc([N+](=O)[O-])cc2C1=O. The highest BCUT2D eigenvalue weighted by Crippen LogP contribution is 2.23. The van der Waals surface area contributed by atoms with Crippen LogP contribution in [0, 0.1) is 10.1 Å². The van der Waals surface area contributed by atoms with Crippen molar-refractivity contribution < 1.29 is 19.2 Å². The van der Waals surface area contributed by atoms with Gasteiger partial charge >= 0.3 is 5.97 Å². The van der Waals surface area contributed by atoms with Crippen LogP contribution in [-0.2, 0) is 16.0 Å². The maximum atomic E-state index is 12.2. The van der Waals surface area contributed by atoms with Crippen LogP contribution in [0.5, 0.6) is 0 Å². The number of hydrogen-bond donors (Lipinski definition) is 0. The molecule has 0 spiro atoms. The fourth-order valence-corrected chi connectivity index (χ4v) is 2.16. The van der Waals surface area contributed by atoms with E-state index < -0.39 is 4.92 Å². The minimum absolute atomic E-state index is 0.105. The molecule has 1 aliphatic heterocycles. The van der Waals surface area contributed by atoms with Gasteiger partial charge in [-0.3, -0.25) is 19.7 Å². The van der Waals surface area contributed by atoms with Gasteiger partial charge in [0, 0.05) is 30.8 Å². The number of non-ortho nitro benzene ring substituents is 1. The number of hydrogen-bond acceptors (Lipinski definition) is 5. The standard InChI is InChI=1S/C13H14N2O5/c1-20-12(16)5-7-14-6-4-9-2-3-10(15(18)19)8-11(9)13(14)17/h2-3,8H,4-7H2,1H3. The average Bonchev–Trinajstić information content (AvgIpc) is 2.45. The van der Waals surface area contributed by atoms with Crippen LogP contribution in [0.25, 0.3) is 0 Å². The van der Waals surface area contributed by atoms with Crippen molar-refractivity contribution in [3.8, 4) is 0 Å². The molecule has 0 saturated carbocycles. The molecule has 7 heteroatoms. The molecule has 1 heterocycles. The molecule has 0 atom stereocenters. The fraction of sp³-hybridized carbons (Fsp3) is 0.385. The van der Waals surface area contributed by atoms with Crippen molar-refractivity contribution in [2.75, 3.05) is 20.2 Å². The second-order valence-electron chi connectivity index (χ2n) is 4.47. The molecule has 1 aromatic rings. The third-order valence-corrected chi connectivity index (χ3v) is 3.29. The van der Waals surface area contributed by atoms with E-state index in [9.17, 15) is 19.7 Å². The lowest BCUT2D eigenvalue weighted by atomic mass is 9.98. The summed E-state index contributed by atoms with van der Waals surface area (Å²) in [6.07, 6.45) is 0.743. The van der Waals surface area contributed by atoms with Crippen LogP contribution in [0.3, 0.4) is 0 Å². The van der Waals surface area contributed by atoms with E-state index in [4.69, 9.17) is 0 Å². The minimum atomic E-state index is -0.527. The summed E-state index contributed by atoms with van der Waals surface area (Å²) in [7, 11) is 1.29. The van der Waals surface area contributed by atoms with Crippen LogP contribution in [0.2, 0.25) is 0 Å². The van der Waals surface area contributed by atoms with Crippen LogP contribution >= 0.6 is 0 Å². The maximum absolute atomic E-state index is 12.2. The highest BCUT2D eigenvalue weighted by Gasteiger charge is 2.26. The number of methoxy groups -OCH3 is 1. The highest BCUT2D eigenvalue weighted by molar-refractivity contribution is 5.97. The molecule has 2 rings (SSSR count). The first-order chi connectivity index (χ1) is 9.52. The van der Waals surface area contributed by atoms with Crippen molar-refractivity contribution in [1.29, 1.82) is 0 Å². The van der Waals surface area contributed by atoms with E-state index in [-0.39, 0.29) is 30.5 Å². The molecule has 1 amide bonds. The number of rotatable bonds is 4. The Hall–Kier alpha value is -2.44. The summed E-state index contributed by atoms with van der Waals surface area (Å²) in [5.74, 6) is -0.665. The smallest absolute Gasteiger partial charge is 0.307 e. The predicted molar refractivity (Wildman–Crippen MR) is 69.3 cm³/mol. The van der Waals surface area contributed by atoms with Gasteiger partial charge in [0.15, 0.2) is 0 Å². The molecule has 0 aromatic heterocycles. The van der Waals surface area contributed by atoms with Gasteiger partial charge in [-0.15, -0.1) is 0 Å². The number of fused-ring (bicyclic) bond motifs is 1. The van der Waals surface area contributed by atoms with Gasteiger partial charge in [-0.2, -0.15) is 0 Å². The Balaban J connectivity index is 2.17. The summed E-state index contributed by atoms with van der Waals surface area (Å²) in [5, 5.41) is 10.7. The molecular weight excluding hydrogens is 264 g/mol. The molecule has 0 fully saturated rings. The van der Waals surface area contributed by atoms with Crippen molar-refractivity contribution >= 4 is 17.6 Å². The summed E-state index contributed by atoms with van der Waals surface area (Å²) in [6.45, 7) is 0.758. The zero-order chi connectivity index (χ0) is 14.7. The summed E-state index contributed by atoms with van der Waals surface area (Å²) < 4.78 is 4.53. The van der Waals surface area contributed by atoms with Crippen LogP contribution in [0.15, 0.2) is 18.2 Å². The van der Waals surface area contributed by atoms with Crippen molar-refractivity contribution in [3.63, 3.8) is 0 Å². The zero-order valence-corrected chi connectivity index (χ0v) is 11.0. The molecule has 0 bridgehead atoms. The van der Waals surface area contributed by atoms with Crippen molar-refractivity contribution in [2.45, 2.75) is 12.8 Å². The summed E-state index contributed by atoms with van der Waals surface area (Å²) in [4.78, 5) is 35.1. The van der Waals surface area contributed by atoms with E-state index in [2.05, 4.69) is 4.74 Å². The normalized spacial score (nSPS) is 13.8. The fourth-order valence-electron chi connectivity index (χ4n) is 2.16. The summed E-state index contributed by atoms with van der Waals surface area (Å²) in [5.41, 5.74) is 1.04. The van der Waals surface area contributed by atoms with Crippen LogP contribution in [0.4, 0.5) is 5.69 Å². The van der Waals surface area contributed by atoms with Gasteiger partial charge in [0.2, 0.25) is 0 Å². The largest absolute Gasteiger partial charge is 0.469 e. The Morgan fingerprint density at radius 2 is 2.25 bits per heavy atom. The summed E-state index contributed by atoms with van der Waals surface area (Å²) in [6, 6.07) is 4.31.